The van der Waals surface area contributed by atoms with Crippen LogP contribution < -0.4 is 11.1 Å². The monoisotopic (exact) mass is 256 g/mol. The van der Waals surface area contributed by atoms with Crippen molar-refractivity contribution in [1.29, 1.82) is 0 Å². The van der Waals surface area contributed by atoms with Gasteiger partial charge in [-0.2, -0.15) is 11.8 Å². The first-order chi connectivity index (χ1) is 8.06. The van der Waals surface area contributed by atoms with Crippen LogP contribution in [-0.4, -0.2) is 17.5 Å². The van der Waals surface area contributed by atoms with Gasteiger partial charge in [-0.3, -0.25) is 0 Å². The summed E-state index contributed by atoms with van der Waals surface area (Å²) >= 11 is 1.85. The summed E-state index contributed by atoms with van der Waals surface area (Å²) in [5.74, 6) is -0.260. The topological polar surface area (TPSA) is 38.0 Å². The van der Waals surface area contributed by atoms with E-state index in [4.69, 9.17) is 5.73 Å². The number of rotatable bonds is 6. The Morgan fingerprint density at radius 3 is 2.53 bits per heavy atom. The smallest absolute Gasteiger partial charge is 0.125 e. The second-order valence-electron chi connectivity index (χ2n) is 4.18. The maximum Gasteiger partial charge on any atom is 0.125 e. The number of nitrogens with two attached hydrogens (primary N) is 1. The van der Waals surface area contributed by atoms with E-state index in [2.05, 4.69) is 25.4 Å². The van der Waals surface area contributed by atoms with Crippen LogP contribution in [-0.2, 0) is 0 Å². The van der Waals surface area contributed by atoms with Crippen molar-refractivity contribution in [2.45, 2.75) is 31.4 Å². The first kappa shape index (κ1) is 14.2. The Labute approximate surface area is 107 Å². The van der Waals surface area contributed by atoms with Gasteiger partial charge in [-0.05, 0) is 37.3 Å². The molecule has 0 aliphatic heterocycles. The molecule has 1 rings (SSSR count). The molecule has 0 radical (unpaired) electrons. The molecular weight excluding hydrogens is 235 g/mol. The van der Waals surface area contributed by atoms with E-state index < -0.39 is 0 Å². The Bertz CT molecular complexity index is 356. The lowest BCUT2D eigenvalue weighted by molar-refractivity contribution is 0.574. The van der Waals surface area contributed by atoms with Gasteiger partial charge in [0.1, 0.15) is 5.82 Å². The summed E-state index contributed by atoms with van der Waals surface area (Å²) in [5.41, 5.74) is 7.08. The summed E-state index contributed by atoms with van der Waals surface area (Å²) in [7, 11) is 0. The van der Waals surface area contributed by atoms with Gasteiger partial charge < -0.3 is 11.1 Å². The van der Waals surface area contributed by atoms with Crippen LogP contribution in [0.5, 0.6) is 0 Å². The maximum atomic E-state index is 13.1. The molecule has 0 heterocycles. The number of halogens is 1. The molecule has 0 aliphatic carbocycles. The summed E-state index contributed by atoms with van der Waals surface area (Å²) in [6.07, 6.45) is 4.27. The first-order valence-corrected chi connectivity index (χ1v) is 7.13. The summed E-state index contributed by atoms with van der Waals surface area (Å²) in [6.45, 7) is 5.15. The molecule has 0 fully saturated rings. The van der Waals surface area contributed by atoms with Crippen molar-refractivity contribution in [3.8, 4) is 0 Å². The van der Waals surface area contributed by atoms with E-state index >= 15 is 0 Å². The highest BCUT2D eigenvalue weighted by molar-refractivity contribution is 8.00. The molecule has 1 aromatic rings. The van der Waals surface area contributed by atoms with Crippen LogP contribution in [0.1, 0.15) is 26.7 Å². The number of nitrogens with one attached hydrogen (secondary N) is 1. The Morgan fingerprint density at radius 1 is 1.35 bits per heavy atom. The van der Waals surface area contributed by atoms with Crippen LogP contribution >= 0.6 is 11.8 Å². The summed E-state index contributed by atoms with van der Waals surface area (Å²) in [6, 6.07) is 4.42. The molecule has 0 saturated heterocycles. The van der Waals surface area contributed by atoms with Crippen molar-refractivity contribution in [3.63, 3.8) is 0 Å². The molecule has 0 saturated carbocycles. The largest absolute Gasteiger partial charge is 0.397 e. The molecule has 0 aliphatic rings. The van der Waals surface area contributed by atoms with Crippen LogP contribution in [0, 0.1) is 5.82 Å². The number of anilines is 2. The third kappa shape index (κ3) is 3.53. The third-order valence-electron chi connectivity index (χ3n) is 3.34. The van der Waals surface area contributed by atoms with Crippen molar-refractivity contribution in [2.75, 3.05) is 23.9 Å². The molecule has 4 heteroatoms. The zero-order valence-corrected chi connectivity index (χ0v) is 11.5. The second-order valence-corrected chi connectivity index (χ2v) is 5.45. The van der Waals surface area contributed by atoms with E-state index in [1.54, 1.807) is 6.07 Å². The predicted molar refractivity (Wildman–Crippen MR) is 76.1 cm³/mol. The van der Waals surface area contributed by atoms with E-state index in [9.17, 15) is 4.39 Å². The molecule has 3 N–H and O–H groups in total. The molecule has 0 amide bonds. The van der Waals surface area contributed by atoms with E-state index in [1.807, 2.05) is 11.8 Å². The van der Waals surface area contributed by atoms with Crippen LogP contribution in [0.2, 0.25) is 0 Å². The lowest BCUT2D eigenvalue weighted by Crippen LogP contribution is -2.32. The van der Waals surface area contributed by atoms with Crippen LogP contribution in [0.3, 0.4) is 0 Å². The zero-order chi connectivity index (χ0) is 12.9. The van der Waals surface area contributed by atoms with Crippen molar-refractivity contribution in [2.24, 2.45) is 0 Å². The van der Waals surface area contributed by atoms with Gasteiger partial charge in [-0.1, -0.05) is 13.8 Å². The number of hydrogen-bond acceptors (Lipinski definition) is 3. The van der Waals surface area contributed by atoms with Gasteiger partial charge in [0.2, 0.25) is 0 Å². The molecule has 17 heavy (non-hydrogen) atoms. The maximum absolute atomic E-state index is 13.1. The first-order valence-electron chi connectivity index (χ1n) is 5.91. The van der Waals surface area contributed by atoms with Gasteiger partial charge in [0.05, 0.1) is 11.4 Å². The molecule has 0 bridgehead atoms. The summed E-state index contributed by atoms with van der Waals surface area (Å²) < 4.78 is 13.3. The van der Waals surface area contributed by atoms with Crippen molar-refractivity contribution in [3.05, 3.63) is 24.0 Å². The average Bonchev–Trinajstić information content (AvgIpc) is 2.35. The molecule has 0 aromatic heterocycles. The number of thioether (sulfide) groups is 1. The summed E-state index contributed by atoms with van der Waals surface area (Å²) in [5, 5.41) is 3.26. The number of hydrogen-bond donors (Lipinski definition) is 2. The Kier molecular flexibility index (Phi) is 5.12. The lowest BCUT2D eigenvalue weighted by Gasteiger charge is -2.30. The standard InChI is InChI=1S/C13H21FN2S/c1-4-13(5-2,17-3)9-16-12-8-10(14)6-7-11(12)15/h6-8,16H,4-5,9,15H2,1-3H3. The fourth-order valence-electron chi connectivity index (χ4n) is 1.80. The van der Waals surface area contributed by atoms with Crippen LogP contribution in [0.4, 0.5) is 15.8 Å². The molecule has 2 nitrogen and oxygen atoms in total. The minimum absolute atomic E-state index is 0.193. The normalized spacial score (nSPS) is 11.5. The Balaban J connectivity index is 2.75. The molecule has 1 aromatic carbocycles. The highest BCUT2D eigenvalue weighted by atomic mass is 32.2. The van der Waals surface area contributed by atoms with Crippen LogP contribution in [0.15, 0.2) is 18.2 Å². The van der Waals surface area contributed by atoms with Gasteiger partial charge in [-0.15, -0.1) is 0 Å². The van der Waals surface area contributed by atoms with Crippen molar-refractivity contribution in [1.82, 2.24) is 0 Å². The lowest BCUT2D eigenvalue weighted by atomic mass is 10.0. The fraction of sp³-hybridized carbons (Fsp3) is 0.538. The van der Waals surface area contributed by atoms with Crippen molar-refractivity contribution < 1.29 is 4.39 Å². The molecule has 96 valence electrons. The third-order valence-corrected chi connectivity index (χ3v) is 4.93. The number of nitrogen functional groups attached to an aromatic ring is 1. The molecule has 0 atom stereocenters. The van der Waals surface area contributed by atoms with Crippen LogP contribution in [0.25, 0.3) is 0 Å². The fourth-order valence-corrected chi connectivity index (χ4v) is 2.59. The summed E-state index contributed by atoms with van der Waals surface area (Å²) in [4.78, 5) is 0. The van der Waals surface area contributed by atoms with E-state index in [1.165, 1.54) is 12.1 Å². The van der Waals surface area contributed by atoms with Gasteiger partial charge in [0, 0.05) is 11.3 Å². The predicted octanol–water partition coefficient (Wildman–Crippen LogP) is 3.74. The highest BCUT2D eigenvalue weighted by Gasteiger charge is 2.24. The van der Waals surface area contributed by atoms with E-state index in [0.717, 1.165) is 19.4 Å². The average molecular weight is 256 g/mol. The molecular formula is C13H21FN2S. The van der Waals surface area contributed by atoms with E-state index in [0.29, 0.717) is 11.4 Å². The Morgan fingerprint density at radius 2 is 2.00 bits per heavy atom. The minimum Gasteiger partial charge on any atom is -0.397 e. The Hall–Kier alpha value is -0.900. The van der Waals surface area contributed by atoms with Crippen molar-refractivity contribution >= 4 is 23.1 Å². The van der Waals surface area contributed by atoms with Gasteiger partial charge >= 0.3 is 0 Å². The SMILES string of the molecule is CCC(CC)(CNc1cc(F)ccc1N)SC. The quantitative estimate of drug-likeness (QED) is 0.761. The second kappa shape index (κ2) is 6.15. The molecule has 0 spiro atoms. The minimum atomic E-state index is -0.260. The number of benzene rings is 1. The zero-order valence-electron chi connectivity index (χ0n) is 10.7. The van der Waals surface area contributed by atoms with Gasteiger partial charge in [-0.25, -0.2) is 4.39 Å². The molecule has 0 unspecified atom stereocenters. The highest BCUT2D eigenvalue weighted by Crippen LogP contribution is 2.31. The van der Waals surface area contributed by atoms with Gasteiger partial charge in [0.25, 0.3) is 0 Å². The van der Waals surface area contributed by atoms with Gasteiger partial charge in [0.15, 0.2) is 0 Å². The van der Waals surface area contributed by atoms with E-state index in [-0.39, 0.29) is 10.6 Å².